The fraction of sp³-hybridized carbons (Fsp3) is 0.250. The summed E-state index contributed by atoms with van der Waals surface area (Å²) in [7, 11) is 1.81. The van der Waals surface area contributed by atoms with Gasteiger partial charge in [-0.2, -0.15) is 18.3 Å². The van der Waals surface area contributed by atoms with Crippen LogP contribution in [0.1, 0.15) is 11.3 Å². The monoisotopic (exact) mass is 510 g/mol. The van der Waals surface area contributed by atoms with Gasteiger partial charge in [0.25, 0.3) is 0 Å². The number of para-hydroxylation sites is 1. The van der Waals surface area contributed by atoms with E-state index in [4.69, 9.17) is 0 Å². The minimum absolute atomic E-state index is 0.244. The first-order chi connectivity index (χ1) is 17.5. The van der Waals surface area contributed by atoms with Crippen molar-refractivity contribution >= 4 is 27.8 Å². The third-order valence-corrected chi connectivity index (χ3v) is 6.02. The maximum atomic E-state index is 13.5. The van der Waals surface area contributed by atoms with Crippen molar-refractivity contribution in [1.82, 2.24) is 39.2 Å². The van der Waals surface area contributed by atoms with Crippen molar-refractivity contribution in [2.45, 2.75) is 26.6 Å². The lowest BCUT2D eigenvalue weighted by molar-refractivity contribution is -0.138. The normalized spacial score (nSPS) is 11.9. The van der Waals surface area contributed by atoms with Gasteiger partial charge in [-0.25, -0.2) is 19.3 Å². The molecule has 0 aliphatic carbocycles. The third-order valence-electron chi connectivity index (χ3n) is 6.02. The zero-order valence-electron chi connectivity index (χ0n) is 20.0. The molecular formula is C24H21F3N8O2. The molecule has 1 aromatic carbocycles. The molecule has 1 N–H and O–H groups in total. The van der Waals surface area contributed by atoms with E-state index in [0.29, 0.717) is 22.4 Å². The van der Waals surface area contributed by atoms with Crippen LogP contribution in [-0.2, 0) is 18.4 Å². The Morgan fingerprint density at radius 2 is 1.86 bits per heavy atom. The molecule has 0 spiro atoms. The molecule has 0 fully saturated rings. The first-order valence-electron chi connectivity index (χ1n) is 11.2. The van der Waals surface area contributed by atoms with Gasteiger partial charge in [0, 0.05) is 24.2 Å². The molecule has 0 saturated carbocycles. The fourth-order valence-electron chi connectivity index (χ4n) is 4.31. The molecule has 1 amide bonds. The highest BCUT2D eigenvalue weighted by molar-refractivity contribution is 5.92. The van der Waals surface area contributed by atoms with Gasteiger partial charge >= 0.3 is 11.9 Å². The molecule has 0 unspecified atom stereocenters. The van der Waals surface area contributed by atoms with E-state index in [1.54, 1.807) is 60.6 Å². The highest BCUT2D eigenvalue weighted by Gasteiger charge is 2.28. The molecule has 13 heteroatoms. The Balaban J connectivity index is 1.60. The van der Waals surface area contributed by atoms with Crippen LogP contribution in [0.15, 0.2) is 47.8 Å². The molecule has 37 heavy (non-hydrogen) atoms. The van der Waals surface area contributed by atoms with Gasteiger partial charge in [-0.1, -0.05) is 12.1 Å². The van der Waals surface area contributed by atoms with Crippen LogP contribution in [0.3, 0.4) is 0 Å². The predicted octanol–water partition coefficient (Wildman–Crippen LogP) is 2.83. The third kappa shape index (κ3) is 4.32. The average Bonchev–Trinajstić information content (AvgIpc) is 3.36. The van der Waals surface area contributed by atoms with Gasteiger partial charge in [-0.15, -0.1) is 0 Å². The second-order valence-electron chi connectivity index (χ2n) is 8.59. The largest absolute Gasteiger partial charge is 0.405 e. The molecule has 0 radical (unpaired) electrons. The zero-order valence-corrected chi connectivity index (χ0v) is 20.0. The van der Waals surface area contributed by atoms with Crippen LogP contribution < -0.4 is 11.0 Å². The Bertz CT molecular complexity index is 1730. The van der Waals surface area contributed by atoms with Crippen LogP contribution in [-0.4, -0.2) is 52.5 Å². The summed E-state index contributed by atoms with van der Waals surface area (Å²) in [6, 6.07) is 5.12. The van der Waals surface area contributed by atoms with Crippen molar-refractivity contribution in [1.29, 1.82) is 0 Å². The number of amides is 1. The van der Waals surface area contributed by atoms with Gasteiger partial charge < -0.3 is 5.32 Å². The maximum Gasteiger partial charge on any atom is 0.405 e. The number of imidazole rings is 1. The number of carbonyl (C=O) groups excluding carboxylic acids is 1. The molecule has 5 rings (SSSR count). The number of hydrogen-bond acceptors (Lipinski definition) is 6. The maximum absolute atomic E-state index is 13.5. The molecule has 190 valence electrons. The minimum atomic E-state index is -4.56. The number of aryl methyl sites for hydroxylation is 3. The van der Waals surface area contributed by atoms with E-state index in [1.165, 1.54) is 10.8 Å². The lowest BCUT2D eigenvalue weighted by atomic mass is 10.1. The van der Waals surface area contributed by atoms with E-state index >= 15 is 0 Å². The number of hydrogen-bond donors (Lipinski definition) is 1. The Hall–Kier alpha value is -4.55. The number of aromatic nitrogens is 7. The summed E-state index contributed by atoms with van der Waals surface area (Å²) in [6.07, 6.45) is 2.03. The highest BCUT2D eigenvalue weighted by atomic mass is 19.4. The minimum Gasteiger partial charge on any atom is -0.345 e. The van der Waals surface area contributed by atoms with E-state index in [9.17, 15) is 22.8 Å². The van der Waals surface area contributed by atoms with Crippen molar-refractivity contribution in [3.63, 3.8) is 0 Å². The Kier molecular flexibility index (Phi) is 5.77. The number of carbonyl (C=O) groups is 1. The van der Waals surface area contributed by atoms with Crippen molar-refractivity contribution in [3.05, 3.63) is 64.7 Å². The van der Waals surface area contributed by atoms with Crippen molar-refractivity contribution in [3.8, 4) is 17.1 Å². The zero-order chi connectivity index (χ0) is 26.5. The van der Waals surface area contributed by atoms with Gasteiger partial charge in [0.15, 0.2) is 5.82 Å². The number of alkyl halides is 3. The van der Waals surface area contributed by atoms with E-state index in [2.05, 4.69) is 20.1 Å². The number of benzene rings is 1. The van der Waals surface area contributed by atoms with Crippen LogP contribution in [0.5, 0.6) is 0 Å². The second kappa shape index (κ2) is 8.84. The van der Waals surface area contributed by atoms with Crippen LogP contribution in [0, 0.1) is 13.8 Å². The molecule has 4 heterocycles. The molecule has 0 atom stereocenters. The SMILES string of the molecule is Cc1nc(-c2cncc3c2cnn3C)cnc1-n1c(=O)n(CC(=O)NCC(F)(F)F)c2cccc(C)c21. The van der Waals surface area contributed by atoms with Gasteiger partial charge in [0.1, 0.15) is 13.1 Å². The van der Waals surface area contributed by atoms with Gasteiger partial charge in [-0.3, -0.25) is 19.0 Å². The number of nitrogens with one attached hydrogen (secondary N) is 1. The Morgan fingerprint density at radius 3 is 2.59 bits per heavy atom. The summed E-state index contributed by atoms with van der Waals surface area (Å²) in [4.78, 5) is 39.2. The van der Waals surface area contributed by atoms with Crippen molar-refractivity contribution in [2.24, 2.45) is 7.05 Å². The van der Waals surface area contributed by atoms with E-state index in [1.807, 2.05) is 7.05 Å². The highest BCUT2D eigenvalue weighted by Crippen LogP contribution is 2.27. The Labute approximate surface area is 207 Å². The summed E-state index contributed by atoms with van der Waals surface area (Å²) in [6.45, 7) is 1.43. The molecular weight excluding hydrogens is 489 g/mol. The van der Waals surface area contributed by atoms with Crippen LogP contribution in [0.4, 0.5) is 13.2 Å². The smallest absolute Gasteiger partial charge is 0.345 e. The number of halogens is 3. The topological polar surface area (TPSA) is 113 Å². The average molecular weight is 510 g/mol. The van der Waals surface area contributed by atoms with E-state index in [-0.39, 0.29) is 5.82 Å². The fourth-order valence-corrected chi connectivity index (χ4v) is 4.31. The molecule has 0 aliphatic heterocycles. The number of nitrogens with zero attached hydrogens (tertiary/aromatic N) is 7. The van der Waals surface area contributed by atoms with Gasteiger partial charge in [0.2, 0.25) is 5.91 Å². The van der Waals surface area contributed by atoms with Crippen LogP contribution in [0.25, 0.3) is 39.0 Å². The summed E-state index contributed by atoms with van der Waals surface area (Å²) in [5.41, 5.74) is 3.49. The van der Waals surface area contributed by atoms with Crippen LogP contribution in [0.2, 0.25) is 0 Å². The standard InChI is InChI=1S/C24H21F3N8O2/c1-13-5-4-6-18-21(13)35(23(37)34(18)11-20(36)30-12-24(25,26)27)22-14(2)32-17(9-29-22)15-7-28-10-19-16(15)8-31-33(19)3/h4-10H,11-12H2,1-3H3,(H,30,36). The lowest BCUT2D eigenvalue weighted by Gasteiger charge is -2.09. The quantitative estimate of drug-likeness (QED) is 0.389. The Morgan fingerprint density at radius 1 is 1.08 bits per heavy atom. The predicted molar refractivity (Wildman–Crippen MR) is 129 cm³/mol. The lowest BCUT2D eigenvalue weighted by Crippen LogP contribution is -2.38. The number of pyridine rings is 1. The van der Waals surface area contributed by atoms with Gasteiger partial charge in [-0.05, 0) is 25.5 Å². The first kappa shape index (κ1) is 24.2. The van der Waals surface area contributed by atoms with E-state index in [0.717, 1.165) is 26.6 Å². The summed E-state index contributed by atoms with van der Waals surface area (Å²) >= 11 is 0. The van der Waals surface area contributed by atoms with Crippen molar-refractivity contribution < 1.29 is 18.0 Å². The van der Waals surface area contributed by atoms with Gasteiger partial charge in [0.05, 0.1) is 46.5 Å². The van der Waals surface area contributed by atoms with Crippen molar-refractivity contribution in [2.75, 3.05) is 6.54 Å². The van der Waals surface area contributed by atoms with Crippen LogP contribution >= 0.6 is 0 Å². The molecule has 4 aromatic heterocycles. The molecule has 0 aliphatic rings. The number of fused-ring (bicyclic) bond motifs is 2. The molecule has 0 bridgehead atoms. The van der Waals surface area contributed by atoms with E-state index < -0.39 is 30.9 Å². The summed E-state index contributed by atoms with van der Waals surface area (Å²) in [5, 5.41) is 6.91. The molecule has 5 aromatic rings. The molecule has 10 nitrogen and oxygen atoms in total. The molecule has 0 saturated heterocycles. The second-order valence-corrected chi connectivity index (χ2v) is 8.59. The number of rotatable bonds is 5. The summed E-state index contributed by atoms with van der Waals surface area (Å²) < 4.78 is 41.8. The first-order valence-corrected chi connectivity index (χ1v) is 11.2. The summed E-state index contributed by atoms with van der Waals surface area (Å²) in [5.74, 6) is -0.691.